The number of nitrogens with zero attached hydrogens (tertiary/aromatic N) is 6. The van der Waals surface area contributed by atoms with Crippen LogP contribution in [0.5, 0.6) is 0 Å². The minimum absolute atomic E-state index is 0.0468. The van der Waals surface area contributed by atoms with Crippen molar-refractivity contribution in [2.75, 3.05) is 19.8 Å². The number of benzene rings is 1. The second-order valence-corrected chi connectivity index (χ2v) is 9.85. The van der Waals surface area contributed by atoms with Crippen LogP contribution in [0.25, 0.3) is 33.6 Å². The quantitative estimate of drug-likeness (QED) is 0.459. The van der Waals surface area contributed by atoms with Gasteiger partial charge in [0.1, 0.15) is 0 Å². The Morgan fingerprint density at radius 2 is 1.74 bits per heavy atom. The fourth-order valence-electron chi connectivity index (χ4n) is 5.44. The van der Waals surface area contributed by atoms with Crippen molar-refractivity contribution in [3.8, 4) is 33.6 Å². The minimum Gasteiger partial charge on any atom is -0.396 e. The van der Waals surface area contributed by atoms with Crippen molar-refractivity contribution in [2.45, 2.75) is 30.9 Å². The fraction of sp³-hybridized carbons (Fsp3) is 0.385. The number of ether oxygens (including phenoxy) is 1. The summed E-state index contributed by atoms with van der Waals surface area (Å²) in [5.74, 6) is 0.656. The van der Waals surface area contributed by atoms with Crippen molar-refractivity contribution in [3.63, 3.8) is 0 Å². The van der Waals surface area contributed by atoms with E-state index in [0.29, 0.717) is 25.3 Å². The zero-order chi connectivity index (χ0) is 24.0. The molecule has 0 radical (unpaired) electrons. The Hall–Kier alpha value is -3.40. The first-order chi connectivity index (χ1) is 17.0. The van der Waals surface area contributed by atoms with Crippen molar-refractivity contribution >= 4 is 0 Å². The molecule has 3 atom stereocenters. The Kier molecular flexibility index (Phi) is 5.28. The highest BCUT2D eigenvalue weighted by atomic mass is 16.5. The van der Waals surface area contributed by atoms with Crippen molar-refractivity contribution in [3.05, 3.63) is 61.4 Å². The molecular formula is C26H28N6O3. The summed E-state index contributed by atoms with van der Waals surface area (Å²) in [4.78, 5) is 9.22. The lowest BCUT2D eigenvalue weighted by Gasteiger charge is -2.46. The van der Waals surface area contributed by atoms with Crippen LogP contribution in [0.15, 0.2) is 61.4 Å². The summed E-state index contributed by atoms with van der Waals surface area (Å²) in [6.45, 7) is 0.608. The van der Waals surface area contributed by atoms with Crippen LogP contribution in [-0.4, -0.2) is 65.2 Å². The molecular weight excluding hydrogens is 444 g/mol. The number of rotatable bonds is 5. The standard InChI is InChI=1S/C26H28N6O3/c1-31-13-21(11-29-31)18-3-2-4-19(7-18)24-27-9-20(10-28-24)22-12-30-32(14-22)23-5-6-25(15-33)16-35-17-26(25,34)8-23/h2-4,7,9-14,23,33-34H,5-6,8,15-17H2,1H3/t23-,25?,26+/m1/s1. The molecule has 2 aliphatic rings. The molecule has 1 saturated heterocycles. The second kappa shape index (κ2) is 8.37. The van der Waals surface area contributed by atoms with Crippen LogP contribution in [-0.2, 0) is 11.8 Å². The zero-order valence-corrected chi connectivity index (χ0v) is 19.6. The van der Waals surface area contributed by atoms with Gasteiger partial charge in [-0.1, -0.05) is 18.2 Å². The van der Waals surface area contributed by atoms with Crippen LogP contribution in [0.1, 0.15) is 25.3 Å². The lowest BCUT2D eigenvalue weighted by Crippen LogP contribution is -2.54. The number of fused-ring (bicyclic) bond motifs is 1. The molecule has 9 heteroatoms. The molecule has 2 fully saturated rings. The van der Waals surface area contributed by atoms with Gasteiger partial charge in [-0.15, -0.1) is 0 Å². The molecule has 4 aromatic rings. The number of aliphatic hydroxyl groups is 2. The average Bonchev–Trinajstić information content (AvgIpc) is 3.62. The van der Waals surface area contributed by atoms with Crippen molar-refractivity contribution in [1.29, 1.82) is 0 Å². The Morgan fingerprint density at radius 3 is 2.51 bits per heavy atom. The van der Waals surface area contributed by atoms with Crippen LogP contribution < -0.4 is 0 Å². The molecule has 1 saturated carbocycles. The molecule has 35 heavy (non-hydrogen) atoms. The highest BCUT2D eigenvalue weighted by Crippen LogP contribution is 2.51. The number of hydrogen-bond donors (Lipinski definition) is 2. The van der Waals surface area contributed by atoms with Gasteiger partial charge in [0.25, 0.3) is 0 Å². The molecule has 4 heterocycles. The predicted molar refractivity (Wildman–Crippen MR) is 129 cm³/mol. The van der Waals surface area contributed by atoms with E-state index in [1.807, 2.05) is 67.1 Å². The molecule has 0 amide bonds. The van der Waals surface area contributed by atoms with Crippen molar-refractivity contribution in [2.24, 2.45) is 12.5 Å². The third-order valence-electron chi connectivity index (χ3n) is 7.66. The van der Waals surface area contributed by atoms with Crippen LogP contribution in [0, 0.1) is 5.41 Å². The third kappa shape index (κ3) is 3.76. The molecule has 6 rings (SSSR count). The normalized spacial score (nSPS) is 26.1. The second-order valence-electron chi connectivity index (χ2n) is 9.85. The molecule has 0 spiro atoms. The van der Waals surface area contributed by atoms with Gasteiger partial charge in [0.05, 0.1) is 43.9 Å². The summed E-state index contributed by atoms with van der Waals surface area (Å²) in [6.07, 6.45) is 13.3. The molecule has 9 nitrogen and oxygen atoms in total. The summed E-state index contributed by atoms with van der Waals surface area (Å²) < 4.78 is 9.27. The first-order valence-electron chi connectivity index (χ1n) is 11.9. The molecule has 1 aliphatic carbocycles. The van der Waals surface area contributed by atoms with Crippen LogP contribution >= 0.6 is 0 Å². The molecule has 1 aromatic carbocycles. The Morgan fingerprint density at radius 1 is 0.971 bits per heavy atom. The average molecular weight is 473 g/mol. The SMILES string of the molecule is Cn1cc(-c2cccc(-c3ncc(-c4cnn([C@@H]5CCC6(CO)COC[C@@]6(O)C5)c4)cn3)c2)cn1. The number of aliphatic hydroxyl groups excluding tert-OH is 1. The summed E-state index contributed by atoms with van der Waals surface area (Å²) in [5, 5.41) is 30.0. The fourth-order valence-corrected chi connectivity index (χ4v) is 5.44. The smallest absolute Gasteiger partial charge is 0.159 e. The van der Waals surface area contributed by atoms with E-state index < -0.39 is 11.0 Å². The van der Waals surface area contributed by atoms with Crippen molar-refractivity contribution < 1.29 is 14.9 Å². The summed E-state index contributed by atoms with van der Waals surface area (Å²) >= 11 is 0. The van der Waals surface area contributed by atoms with Gasteiger partial charge in [-0.25, -0.2) is 9.97 Å². The maximum atomic E-state index is 11.2. The monoisotopic (exact) mass is 472 g/mol. The lowest BCUT2D eigenvalue weighted by atomic mass is 9.64. The van der Waals surface area contributed by atoms with Gasteiger partial charge >= 0.3 is 0 Å². The Bertz CT molecular complexity index is 1350. The third-order valence-corrected chi connectivity index (χ3v) is 7.66. The summed E-state index contributed by atoms with van der Waals surface area (Å²) in [5.41, 5.74) is 3.28. The minimum atomic E-state index is -1.02. The van der Waals surface area contributed by atoms with E-state index in [4.69, 9.17) is 4.74 Å². The largest absolute Gasteiger partial charge is 0.396 e. The molecule has 3 aromatic heterocycles. The van der Waals surface area contributed by atoms with Gasteiger partial charge in [0.2, 0.25) is 0 Å². The van der Waals surface area contributed by atoms with Crippen molar-refractivity contribution in [1.82, 2.24) is 29.5 Å². The lowest BCUT2D eigenvalue weighted by molar-refractivity contribution is -0.114. The number of aromatic nitrogens is 6. The molecule has 2 N–H and O–H groups in total. The van der Waals surface area contributed by atoms with Gasteiger partial charge in [0, 0.05) is 65.9 Å². The first-order valence-corrected chi connectivity index (χ1v) is 11.9. The summed E-state index contributed by atoms with van der Waals surface area (Å²) in [7, 11) is 1.90. The van der Waals surface area contributed by atoms with E-state index in [-0.39, 0.29) is 19.3 Å². The highest BCUT2D eigenvalue weighted by molar-refractivity contribution is 5.70. The van der Waals surface area contributed by atoms with Gasteiger partial charge in [-0.2, -0.15) is 10.2 Å². The molecule has 0 bridgehead atoms. The summed E-state index contributed by atoms with van der Waals surface area (Å²) in [6, 6.07) is 8.16. The van der Waals surface area contributed by atoms with E-state index in [0.717, 1.165) is 34.2 Å². The van der Waals surface area contributed by atoms with Gasteiger partial charge in [-0.05, 0) is 24.5 Å². The first kappa shape index (κ1) is 22.1. The Labute approximate surface area is 203 Å². The van der Waals surface area contributed by atoms with E-state index in [1.54, 1.807) is 4.68 Å². The predicted octanol–water partition coefficient (Wildman–Crippen LogP) is 2.87. The highest BCUT2D eigenvalue weighted by Gasteiger charge is 2.58. The maximum Gasteiger partial charge on any atom is 0.159 e. The number of aryl methyl sites for hydroxylation is 1. The Balaban J connectivity index is 1.20. The van der Waals surface area contributed by atoms with Gasteiger partial charge in [0.15, 0.2) is 5.82 Å². The zero-order valence-electron chi connectivity index (χ0n) is 19.6. The van der Waals surface area contributed by atoms with Crippen LogP contribution in [0.4, 0.5) is 0 Å². The van der Waals surface area contributed by atoms with Gasteiger partial charge in [-0.3, -0.25) is 9.36 Å². The topological polar surface area (TPSA) is 111 Å². The van der Waals surface area contributed by atoms with Gasteiger partial charge < -0.3 is 14.9 Å². The van der Waals surface area contributed by atoms with E-state index in [2.05, 4.69) is 26.2 Å². The molecule has 180 valence electrons. The van der Waals surface area contributed by atoms with Crippen LogP contribution in [0.2, 0.25) is 0 Å². The van der Waals surface area contributed by atoms with E-state index in [9.17, 15) is 10.2 Å². The molecule has 1 aliphatic heterocycles. The maximum absolute atomic E-state index is 11.2. The molecule has 1 unspecified atom stereocenters. The van der Waals surface area contributed by atoms with E-state index in [1.165, 1.54) is 0 Å². The van der Waals surface area contributed by atoms with E-state index >= 15 is 0 Å². The number of hydrogen-bond acceptors (Lipinski definition) is 7. The van der Waals surface area contributed by atoms with Crippen LogP contribution in [0.3, 0.4) is 0 Å².